The summed E-state index contributed by atoms with van der Waals surface area (Å²) in [5.74, 6) is -0.631. The third-order valence-corrected chi connectivity index (χ3v) is 2.55. The molecule has 0 saturated carbocycles. The van der Waals surface area contributed by atoms with E-state index < -0.39 is 6.04 Å². The minimum absolute atomic E-state index is 0.0726. The number of carbonyl (C=O) groups excluding carboxylic acids is 2. The predicted molar refractivity (Wildman–Crippen MR) is 64.6 cm³/mol. The number of hydrogen-bond acceptors (Lipinski definition) is 5. The fourth-order valence-corrected chi connectivity index (χ4v) is 1.64. The first-order valence-corrected chi connectivity index (χ1v) is 5.97. The molecule has 0 aromatic carbocycles. The van der Waals surface area contributed by atoms with E-state index in [0.717, 1.165) is 0 Å². The summed E-state index contributed by atoms with van der Waals surface area (Å²) < 4.78 is 9.64. The summed E-state index contributed by atoms with van der Waals surface area (Å²) in [4.78, 5) is 24.9. The molecule has 0 rings (SSSR count). The standard InChI is InChI=1S/C12H23NO4/c1-6-10(12(15)17-7-2)13(9(3)4)8-11(14)16-5/h9-10H,6-8H2,1-5H3. The summed E-state index contributed by atoms with van der Waals surface area (Å²) in [5.41, 5.74) is 0. The molecule has 0 amide bonds. The topological polar surface area (TPSA) is 55.8 Å². The molecule has 0 aliphatic rings. The fraction of sp³-hybridized carbons (Fsp3) is 0.833. The highest BCUT2D eigenvalue weighted by atomic mass is 16.5. The van der Waals surface area contributed by atoms with Crippen molar-refractivity contribution >= 4 is 11.9 Å². The van der Waals surface area contributed by atoms with Gasteiger partial charge in [-0.25, -0.2) is 0 Å². The Morgan fingerprint density at radius 2 is 1.82 bits per heavy atom. The summed E-state index contributed by atoms with van der Waals surface area (Å²) in [5, 5.41) is 0. The summed E-state index contributed by atoms with van der Waals surface area (Å²) in [6.07, 6.45) is 0.605. The lowest BCUT2D eigenvalue weighted by Crippen LogP contribution is -2.48. The van der Waals surface area contributed by atoms with Gasteiger partial charge in [-0.3, -0.25) is 14.5 Å². The van der Waals surface area contributed by atoms with Crippen LogP contribution in [0.1, 0.15) is 34.1 Å². The highest BCUT2D eigenvalue weighted by Crippen LogP contribution is 2.11. The van der Waals surface area contributed by atoms with Crippen LogP contribution in [0.3, 0.4) is 0 Å². The number of hydrogen-bond donors (Lipinski definition) is 0. The van der Waals surface area contributed by atoms with E-state index in [1.54, 1.807) is 11.8 Å². The Kier molecular flexibility index (Phi) is 7.54. The van der Waals surface area contributed by atoms with Gasteiger partial charge in [-0.05, 0) is 27.2 Å². The summed E-state index contributed by atoms with van der Waals surface area (Å²) in [7, 11) is 1.34. The van der Waals surface area contributed by atoms with Crippen LogP contribution in [-0.2, 0) is 19.1 Å². The Morgan fingerprint density at radius 3 is 2.18 bits per heavy atom. The van der Waals surface area contributed by atoms with Gasteiger partial charge in [0.25, 0.3) is 0 Å². The van der Waals surface area contributed by atoms with Crippen LogP contribution in [0.25, 0.3) is 0 Å². The maximum absolute atomic E-state index is 11.8. The molecule has 17 heavy (non-hydrogen) atoms. The van der Waals surface area contributed by atoms with Gasteiger partial charge >= 0.3 is 11.9 Å². The lowest BCUT2D eigenvalue weighted by molar-refractivity contribution is -0.153. The quantitative estimate of drug-likeness (QED) is 0.631. The summed E-state index contributed by atoms with van der Waals surface area (Å²) in [6.45, 7) is 7.99. The van der Waals surface area contributed by atoms with E-state index in [0.29, 0.717) is 13.0 Å². The molecule has 0 radical (unpaired) electrons. The first-order chi connectivity index (χ1) is 7.97. The van der Waals surface area contributed by atoms with Crippen molar-refractivity contribution in [3.63, 3.8) is 0 Å². The Balaban J connectivity index is 4.74. The van der Waals surface area contributed by atoms with Crippen LogP contribution in [0.5, 0.6) is 0 Å². The van der Waals surface area contributed by atoms with Gasteiger partial charge in [0.1, 0.15) is 6.04 Å². The van der Waals surface area contributed by atoms with E-state index in [9.17, 15) is 9.59 Å². The van der Waals surface area contributed by atoms with Crippen molar-refractivity contribution in [2.45, 2.75) is 46.2 Å². The number of carbonyl (C=O) groups is 2. The fourth-order valence-electron chi connectivity index (χ4n) is 1.64. The van der Waals surface area contributed by atoms with Crippen molar-refractivity contribution in [2.24, 2.45) is 0 Å². The largest absolute Gasteiger partial charge is 0.468 e. The molecule has 0 spiro atoms. The van der Waals surface area contributed by atoms with Crippen LogP contribution in [0.4, 0.5) is 0 Å². The van der Waals surface area contributed by atoms with Gasteiger partial charge in [0.15, 0.2) is 0 Å². The van der Waals surface area contributed by atoms with E-state index in [1.165, 1.54) is 7.11 Å². The zero-order valence-corrected chi connectivity index (χ0v) is 11.4. The van der Waals surface area contributed by atoms with Gasteiger partial charge in [0, 0.05) is 6.04 Å². The van der Waals surface area contributed by atoms with Crippen LogP contribution >= 0.6 is 0 Å². The Bertz CT molecular complexity index is 253. The number of rotatable bonds is 7. The van der Waals surface area contributed by atoms with Crippen molar-refractivity contribution in [3.05, 3.63) is 0 Å². The van der Waals surface area contributed by atoms with Crippen molar-refractivity contribution in [1.29, 1.82) is 0 Å². The molecule has 100 valence electrons. The first kappa shape index (κ1) is 15.9. The Morgan fingerprint density at radius 1 is 1.24 bits per heavy atom. The molecule has 0 saturated heterocycles. The molecule has 0 aromatic heterocycles. The van der Waals surface area contributed by atoms with E-state index in [-0.39, 0.29) is 24.5 Å². The third-order valence-electron chi connectivity index (χ3n) is 2.55. The molecule has 0 aliphatic carbocycles. The molecular weight excluding hydrogens is 222 g/mol. The maximum atomic E-state index is 11.8. The van der Waals surface area contributed by atoms with Crippen molar-refractivity contribution in [2.75, 3.05) is 20.3 Å². The second-order valence-electron chi connectivity index (χ2n) is 4.02. The van der Waals surface area contributed by atoms with Crippen LogP contribution < -0.4 is 0 Å². The van der Waals surface area contributed by atoms with Crippen molar-refractivity contribution in [1.82, 2.24) is 4.90 Å². The van der Waals surface area contributed by atoms with Crippen LogP contribution in [0, 0.1) is 0 Å². The van der Waals surface area contributed by atoms with Gasteiger partial charge < -0.3 is 9.47 Å². The lowest BCUT2D eigenvalue weighted by Gasteiger charge is -2.31. The summed E-state index contributed by atoms with van der Waals surface area (Å²) in [6, 6.07) is -0.322. The highest BCUT2D eigenvalue weighted by molar-refractivity contribution is 5.77. The molecule has 0 fully saturated rings. The summed E-state index contributed by atoms with van der Waals surface area (Å²) >= 11 is 0. The monoisotopic (exact) mass is 245 g/mol. The van der Waals surface area contributed by atoms with Gasteiger partial charge in [-0.1, -0.05) is 6.92 Å². The highest BCUT2D eigenvalue weighted by Gasteiger charge is 2.29. The van der Waals surface area contributed by atoms with E-state index in [2.05, 4.69) is 4.74 Å². The normalized spacial score (nSPS) is 12.6. The zero-order valence-electron chi connectivity index (χ0n) is 11.4. The molecule has 5 nitrogen and oxygen atoms in total. The lowest BCUT2D eigenvalue weighted by atomic mass is 10.1. The smallest absolute Gasteiger partial charge is 0.323 e. The number of nitrogens with zero attached hydrogens (tertiary/aromatic N) is 1. The molecular formula is C12H23NO4. The molecule has 1 atom stereocenters. The van der Waals surface area contributed by atoms with Crippen LogP contribution in [0.2, 0.25) is 0 Å². The van der Waals surface area contributed by atoms with Crippen molar-refractivity contribution < 1.29 is 19.1 Å². The first-order valence-electron chi connectivity index (χ1n) is 5.97. The molecule has 0 aliphatic heterocycles. The zero-order chi connectivity index (χ0) is 13.4. The number of ether oxygens (including phenoxy) is 2. The Labute approximate surface area is 103 Å². The van der Waals surface area contributed by atoms with Gasteiger partial charge in [-0.15, -0.1) is 0 Å². The predicted octanol–water partition coefficient (Wildman–Crippen LogP) is 1.21. The third kappa shape index (κ3) is 5.17. The minimum Gasteiger partial charge on any atom is -0.468 e. The van der Waals surface area contributed by atoms with Gasteiger partial charge in [-0.2, -0.15) is 0 Å². The molecule has 0 N–H and O–H groups in total. The van der Waals surface area contributed by atoms with E-state index in [4.69, 9.17) is 4.74 Å². The average molecular weight is 245 g/mol. The number of esters is 2. The second kappa shape index (κ2) is 8.06. The molecule has 0 heterocycles. The molecule has 0 bridgehead atoms. The van der Waals surface area contributed by atoms with E-state index >= 15 is 0 Å². The molecule has 5 heteroatoms. The van der Waals surface area contributed by atoms with E-state index in [1.807, 2.05) is 20.8 Å². The molecule has 0 aromatic rings. The minimum atomic E-state index is -0.394. The van der Waals surface area contributed by atoms with Crippen LogP contribution in [0.15, 0.2) is 0 Å². The maximum Gasteiger partial charge on any atom is 0.323 e. The average Bonchev–Trinajstić information content (AvgIpc) is 2.28. The Hall–Kier alpha value is -1.10. The van der Waals surface area contributed by atoms with Gasteiger partial charge in [0.05, 0.1) is 20.3 Å². The number of methoxy groups -OCH3 is 1. The SMILES string of the molecule is CCOC(=O)C(CC)N(CC(=O)OC)C(C)C. The molecule has 1 unspecified atom stereocenters. The second-order valence-corrected chi connectivity index (χ2v) is 4.02. The van der Waals surface area contributed by atoms with Crippen LogP contribution in [-0.4, -0.2) is 49.2 Å². The van der Waals surface area contributed by atoms with Crippen molar-refractivity contribution in [3.8, 4) is 0 Å². The van der Waals surface area contributed by atoms with Gasteiger partial charge in [0.2, 0.25) is 0 Å².